The van der Waals surface area contributed by atoms with Gasteiger partial charge in [-0.1, -0.05) is 24.3 Å². The number of carbonyl (C=O) groups excluding carboxylic acids is 3. The molecule has 5 rings (SSSR count). The Morgan fingerprint density at radius 3 is 2.36 bits per heavy atom. The number of rotatable bonds is 6. The minimum Gasteiger partial charge on any atom is -0.478 e. The minimum absolute atomic E-state index is 0.0315. The molecule has 0 radical (unpaired) electrons. The van der Waals surface area contributed by atoms with Gasteiger partial charge in [-0.25, -0.2) is 21.9 Å². The Labute approximate surface area is 241 Å². The lowest BCUT2D eigenvalue weighted by Crippen LogP contribution is -2.57. The molecule has 12 heteroatoms. The van der Waals surface area contributed by atoms with Crippen molar-refractivity contribution in [3.05, 3.63) is 94.6 Å². The van der Waals surface area contributed by atoms with Gasteiger partial charge in [-0.2, -0.15) is 0 Å². The monoisotopic (exact) mass is 597 g/mol. The molecule has 2 aliphatic rings. The molecule has 3 unspecified atom stereocenters. The molecule has 2 aliphatic heterocycles. The number of carbonyl (C=O) groups is 3. The Kier molecular flexibility index (Phi) is 7.08. The summed E-state index contributed by atoms with van der Waals surface area (Å²) in [6.45, 7) is 4.40. The average Bonchev–Trinajstić information content (AvgIpc) is 3.19. The number of nitrogens with one attached hydrogen (secondary N) is 3. The zero-order valence-electron chi connectivity index (χ0n) is 23.2. The maximum Gasteiger partial charge on any atom is 0.277 e. The smallest absolute Gasteiger partial charge is 0.277 e. The summed E-state index contributed by atoms with van der Waals surface area (Å²) >= 11 is 0. The van der Waals surface area contributed by atoms with Crippen molar-refractivity contribution in [1.82, 2.24) is 10.0 Å². The lowest BCUT2D eigenvalue weighted by molar-refractivity contribution is -0.133. The number of halogens is 2. The summed E-state index contributed by atoms with van der Waals surface area (Å²) in [5, 5.41) is 5.78. The molecule has 0 bridgehead atoms. The van der Waals surface area contributed by atoms with Crippen LogP contribution in [-0.4, -0.2) is 38.0 Å². The third kappa shape index (κ3) is 5.00. The number of piperidine rings is 1. The highest BCUT2D eigenvalue weighted by atomic mass is 32.2. The molecule has 1 fully saturated rings. The summed E-state index contributed by atoms with van der Waals surface area (Å²) in [4.78, 5) is 40.3. The molecule has 3 atom stereocenters. The van der Waals surface area contributed by atoms with Gasteiger partial charge in [-0.15, -0.1) is 0 Å². The second-order valence-corrected chi connectivity index (χ2v) is 12.9. The van der Waals surface area contributed by atoms with Crippen LogP contribution in [0.1, 0.15) is 54.5 Å². The van der Waals surface area contributed by atoms with Crippen LogP contribution in [-0.2, 0) is 29.8 Å². The molecule has 3 amide bonds. The van der Waals surface area contributed by atoms with Crippen molar-refractivity contribution in [3.63, 3.8) is 0 Å². The summed E-state index contributed by atoms with van der Waals surface area (Å²) in [7, 11) is -3.92. The van der Waals surface area contributed by atoms with Crippen molar-refractivity contribution in [2.75, 3.05) is 11.6 Å². The number of benzene rings is 3. The van der Waals surface area contributed by atoms with Crippen LogP contribution in [0.25, 0.3) is 0 Å². The molecule has 0 aliphatic carbocycles. The van der Waals surface area contributed by atoms with E-state index in [1.54, 1.807) is 37.3 Å². The molecule has 220 valence electrons. The molecule has 3 N–H and O–H groups in total. The second kappa shape index (κ2) is 10.2. The van der Waals surface area contributed by atoms with Crippen molar-refractivity contribution in [3.8, 4) is 5.75 Å². The van der Waals surface area contributed by atoms with Crippen LogP contribution in [0.5, 0.6) is 5.75 Å². The SMILES string of the molecule is Cc1ccc(F)cc1C1NC(=O)CC(c2cc(F)ccc2OC(C)(C)C(=O)NS(C)(=O)=O)C12C(=O)Nc1ccccc12. The van der Waals surface area contributed by atoms with E-state index in [9.17, 15) is 31.6 Å². The molecule has 1 saturated heterocycles. The number of fused-ring (bicyclic) bond motifs is 2. The maximum atomic E-state index is 15.0. The number of amides is 3. The highest BCUT2D eigenvalue weighted by Gasteiger charge is 2.62. The van der Waals surface area contributed by atoms with E-state index < -0.39 is 62.4 Å². The zero-order chi connectivity index (χ0) is 30.6. The molecule has 3 aromatic rings. The summed E-state index contributed by atoms with van der Waals surface area (Å²) < 4.78 is 60.9. The number of aryl methyl sites for hydroxylation is 1. The highest BCUT2D eigenvalue weighted by Crippen LogP contribution is 2.58. The first-order chi connectivity index (χ1) is 19.6. The van der Waals surface area contributed by atoms with Gasteiger partial charge in [-0.05, 0) is 73.9 Å². The molecule has 0 aromatic heterocycles. The maximum absolute atomic E-state index is 15.0. The summed E-state index contributed by atoms with van der Waals surface area (Å²) in [6, 6.07) is 13.4. The predicted molar refractivity (Wildman–Crippen MR) is 150 cm³/mol. The fraction of sp³-hybridized carbons (Fsp3) is 0.300. The van der Waals surface area contributed by atoms with Gasteiger partial charge in [0, 0.05) is 23.6 Å². The number of hydrogen-bond acceptors (Lipinski definition) is 6. The largest absolute Gasteiger partial charge is 0.478 e. The van der Waals surface area contributed by atoms with Gasteiger partial charge < -0.3 is 15.4 Å². The van der Waals surface area contributed by atoms with Crippen LogP contribution >= 0.6 is 0 Å². The lowest BCUT2D eigenvalue weighted by atomic mass is 9.59. The van der Waals surface area contributed by atoms with E-state index >= 15 is 0 Å². The van der Waals surface area contributed by atoms with Gasteiger partial charge in [0.15, 0.2) is 5.60 Å². The zero-order valence-corrected chi connectivity index (χ0v) is 24.1. The molecule has 9 nitrogen and oxygen atoms in total. The number of para-hydroxylation sites is 1. The normalized spacial score (nSPS) is 21.9. The Morgan fingerprint density at radius 2 is 1.67 bits per heavy atom. The molecule has 42 heavy (non-hydrogen) atoms. The molecule has 1 spiro atoms. The summed E-state index contributed by atoms with van der Waals surface area (Å²) in [5.74, 6) is -4.29. The molecular formula is C30H29F2N3O6S. The van der Waals surface area contributed by atoms with Crippen LogP contribution in [0.4, 0.5) is 14.5 Å². The molecular weight excluding hydrogens is 568 g/mol. The van der Waals surface area contributed by atoms with Gasteiger partial charge in [0.25, 0.3) is 5.91 Å². The highest BCUT2D eigenvalue weighted by molar-refractivity contribution is 7.89. The standard InChI is InChI=1S/C30H29F2N3O6S/c1-16-9-10-17(31)13-19(16)26-30(21-7-5-6-8-23(21)33-28(30)38)22(15-25(36)34-26)20-14-18(32)11-12-24(20)41-29(2,3)27(37)35-42(4,39)40/h5-14,22,26H,15H2,1-4H3,(H,33,38)(H,34,36)(H,35,37). The van der Waals surface area contributed by atoms with Crippen molar-refractivity contribution >= 4 is 33.4 Å². The Balaban J connectivity index is 1.75. The van der Waals surface area contributed by atoms with Crippen molar-refractivity contribution in [2.24, 2.45) is 0 Å². The number of hydrogen-bond donors (Lipinski definition) is 3. The van der Waals surface area contributed by atoms with Crippen LogP contribution in [0.2, 0.25) is 0 Å². The third-order valence-corrected chi connectivity index (χ3v) is 8.34. The van der Waals surface area contributed by atoms with Gasteiger partial charge in [0.1, 0.15) is 22.8 Å². The second-order valence-electron chi connectivity index (χ2n) is 11.1. The number of anilines is 1. The Bertz CT molecular complexity index is 1740. The van der Waals surface area contributed by atoms with Crippen LogP contribution in [0.15, 0.2) is 60.7 Å². The van der Waals surface area contributed by atoms with Crippen molar-refractivity contribution in [1.29, 1.82) is 0 Å². The Morgan fingerprint density at radius 1 is 1.02 bits per heavy atom. The number of ether oxygens (including phenoxy) is 1. The van der Waals surface area contributed by atoms with Gasteiger partial charge in [0.2, 0.25) is 21.8 Å². The number of sulfonamides is 1. The average molecular weight is 598 g/mol. The fourth-order valence-electron chi connectivity index (χ4n) is 5.91. The van der Waals surface area contributed by atoms with Gasteiger partial charge >= 0.3 is 0 Å². The molecule has 0 saturated carbocycles. The first kappa shape index (κ1) is 29.2. The van der Waals surface area contributed by atoms with E-state index in [0.29, 0.717) is 22.4 Å². The fourth-order valence-corrected chi connectivity index (χ4v) is 6.50. The van der Waals surface area contributed by atoms with E-state index in [1.165, 1.54) is 32.0 Å². The molecule has 3 aromatic carbocycles. The predicted octanol–water partition coefficient (Wildman–Crippen LogP) is 3.74. The van der Waals surface area contributed by atoms with Gasteiger partial charge in [-0.3, -0.25) is 14.4 Å². The molecule has 2 heterocycles. The summed E-state index contributed by atoms with van der Waals surface area (Å²) in [6.07, 6.45) is 0.543. The van der Waals surface area contributed by atoms with Crippen LogP contribution in [0, 0.1) is 18.6 Å². The van der Waals surface area contributed by atoms with E-state index in [1.807, 2.05) is 4.72 Å². The Hall–Kier alpha value is -4.32. The van der Waals surface area contributed by atoms with E-state index in [4.69, 9.17) is 4.74 Å². The first-order valence-electron chi connectivity index (χ1n) is 13.1. The first-order valence-corrected chi connectivity index (χ1v) is 15.0. The van der Waals surface area contributed by atoms with Gasteiger partial charge in [0.05, 0.1) is 12.3 Å². The quantitative estimate of drug-likeness (QED) is 0.397. The van der Waals surface area contributed by atoms with Crippen LogP contribution in [0.3, 0.4) is 0 Å². The lowest BCUT2D eigenvalue weighted by Gasteiger charge is -2.47. The van der Waals surface area contributed by atoms with E-state index in [2.05, 4.69) is 10.6 Å². The summed E-state index contributed by atoms with van der Waals surface area (Å²) in [5.41, 5.74) is -1.27. The topological polar surface area (TPSA) is 131 Å². The van der Waals surface area contributed by atoms with Crippen molar-refractivity contribution in [2.45, 2.75) is 50.2 Å². The van der Waals surface area contributed by atoms with E-state index in [0.717, 1.165) is 18.4 Å². The van der Waals surface area contributed by atoms with E-state index in [-0.39, 0.29) is 17.7 Å². The third-order valence-electron chi connectivity index (χ3n) is 7.79. The minimum atomic E-state index is -3.92. The van der Waals surface area contributed by atoms with Crippen LogP contribution < -0.4 is 20.1 Å². The van der Waals surface area contributed by atoms with Crippen molar-refractivity contribution < 1.29 is 36.3 Å².